The van der Waals surface area contributed by atoms with Crippen LogP contribution in [-0.2, 0) is 28.5 Å². The van der Waals surface area contributed by atoms with E-state index in [1.54, 1.807) is 33.1 Å². The Balaban J connectivity index is 2.12. The van der Waals surface area contributed by atoms with Gasteiger partial charge in [0, 0.05) is 30.6 Å². The van der Waals surface area contributed by atoms with Gasteiger partial charge in [0.25, 0.3) is 0 Å². The Morgan fingerprint density at radius 1 is 1.43 bits per heavy atom. The average Bonchev–Trinajstić information content (AvgIpc) is 3.17. The zero-order valence-corrected chi connectivity index (χ0v) is 17.0. The van der Waals surface area contributed by atoms with Crippen LogP contribution in [0.4, 0.5) is 0 Å². The Bertz CT molecular complexity index is 778. The summed E-state index contributed by atoms with van der Waals surface area (Å²) in [4.78, 5) is 24.8. The number of methoxy groups -OCH3 is 1. The highest BCUT2D eigenvalue weighted by atomic mass is 16.7. The highest BCUT2D eigenvalue weighted by molar-refractivity contribution is 5.95. The fourth-order valence-corrected chi connectivity index (χ4v) is 4.14. The first-order valence-electron chi connectivity index (χ1n) is 9.57. The fourth-order valence-electron chi connectivity index (χ4n) is 4.14. The number of hydrogen-bond acceptors (Lipinski definition) is 7. The summed E-state index contributed by atoms with van der Waals surface area (Å²) in [5.41, 5.74) is 0.289. The summed E-state index contributed by atoms with van der Waals surface area (Å²) in [6.45, 7) is 6.80. The lowest BCUT2D eigenvalue weighted by atomic mass is 9.85. The summed E-state index contributed by atoms with van der Waals surface area (Å²) in [6.07, 6.45) is 4.36. The van der Waals surface area contributed by atoms with Crippen molar-refractivity contribution in [3.05, 3.63) is 34.6 Å². The molecule has 2 bridgehead atoms. The van der Waals surface area contributed by atoms with Crippen molar-refractivity contribution in [1.82, 2.24) is 0 Å². The first kappa shape index (κ1) is 20.8. The number of fused-ring (bicyclic) bond motifs is 3. The Hall–Kier alpha value is -1.96. The number of allylic oxidation sites excluding steroid dienone is 1. The van der Waals surface area contributed by atoms with Gasteiger partial charge in [-0.1, -0.05) is 13.0 Å². The predicted octanol–water partition coefficient (Wildman–Crippen LogP) is 2.55. The van der Waals surface area contributed by atoms with E-state index >= 15 is 0 Å². The number of carbonyl (C=O) groups excluding carboxylic acids is 2. The molecule has 7 heteroatoms. The van der Waals surface area contributed by atoms with Crippen molar-refractivity contribution in [1.29, 1.82) is 0 Å². The third-order valence-corrected chi connectivity index (χ3v) is 6.00. The van der Waals surface area contributed by atoms with Crippen LogP contribution >= 0.6 is 0 Å². The van der Waals surface area contributed by atoms with E-state index < -0.39 is 36.0 Å². The van der Waals surface area contributed by atoms with Crippen molar-refractivity contribution in [2.24, 2.45) is 5.92 Å². The molecule has 3 rings (SSSR count). The van der Waals surface area contributed by atoms with Crippen molar-refractivity contribution in [3.63, 3.8) is 0 Å². The predicted molar refractivity (Wildman–Crippen MR) is 99.8 cm³/mol. The minimum Gasteiger partial charge on any atom is -0.454 e. The van der Waals surface area contributed by atoms with Gasteiger partial charge < -0.3 is 24.1 Å². The maximum absolute atomic E-state index is 12.5. The lowest BCUT2D eigenvalue weighted by Crippen LogP contribution is -2.42. The highest BCUT2D eigenvalue weighted by Gasteiger charge is 2.53. The lowest BCUT2D eigenvalue weighted by molar-refractivity contribution is -0.255. The number of hydrogen-bond donors (Lipinski definition) is 1. The minimum atomic E-state index is -0.825. The Morgan fingerprint density at radius 2 is 2.14 bits per heavy atom. The Kier molecular flexibility index (Phi) is 5.53. The van der Waals surface area contributed by atoms with Gasteiger partial charge in [0.2, 0.25) is 0 Å². The Labute approximate surface area is 165 Å². The first-order chi connectivity index (χ1) is 13.2. The number of ether oxygens (including phenoxy) is 4. The molecule has 0 aliphatic carbocycles. The number of carbonyl (C=O) groups is 2. The second-order valence-corrected chi connectivity index (χ2v) is 7.88. The van der Waals surface area contributed by atoms with E-state index in [1.807, 2.05) is 13.8 Å². The van der Waals surface area contributed by atoms with Gasteiger partial charge in [-0.2, -0.15) is 0 Å². The summed E-state index contributed by atoms with van der Waals surface area (Å²) < 4.78 is 23.3. The van der Waals surface area contributed by atoms with E-state index in [4.69, 9.17) is 18.9 Å². The molecule has 0 spiro atoms. The molecular formula is C21H28O7. The van der Waals surface area contributed by atoms with E-state index in [9.17, 15) is 14.7 Å². The summed E-state index contributed by atoms with van der Waals surface area (Å²) in [5, 5.41) is 9.78. The Morgan fingerprint density at radius 3 is 2.75 bits per heavy atom. The molecule has 1 N–H and O–H groups in total. The maximum atomic E-state index is 12.5. The van der Waals surface area contributed by atoms with Crippen LogP contribution in [0.1, 0.15) is 47.0 Å². The van der Waals surface area contributed by atoms with Gasteiger partial charge in [0.15, 0.2) is 5.79 Å². The van der Waals surface area contributed by atoms with Crippen LogP contribution in [0, 0.1) is 5.92 Å². The standard InChI is InChI=1S/C21H28O7/c1-6-12(2)18(23)26-15-9-13(3)21(25-5)8-7-20(4,28-21)10-16-17(15)14(11-22)19(24)27-16/h6,10,13,15,22H,7-9,11H2,1-5H3/b12-6+,16-10?/t13-,15+,20-,21+/m1/s1. The number of aliphatic hydroxyl groups is 1. The van der Waals surface area contributed by atoms with E-state index in [0.29, 0.717) is 30.4 Å². The van der Waals surface area contributed by atoms with Crippen LogP contribution < -0.4 is 0 Å². The molecule has 4 atom stereocenters. The van der Waals surface area contributed by atoms with Gasteiger partial charge in [0.05, 0.1) is 17.8 Å². The van der Waals surface area contributed by atoms with Crippen LogP contribution in [0.3, 0.4) is 0 Å². The zero-order valence-electron chi connectivity index (χ0n) is 17.0. The molecule has 0 aromatic carbocycles. The monoisotopic (exact) mass is 392 g/mol. The topological polar surface area (TPSA) is 91.3 Å². The summed E-state index contributed by atoms with van der Waals surface area (Å²) in [7, 11) is 1.61. The molecule has 3 aliphatic heterocycles. The van der Waals surface area contributed by atoms with Gasteiger partial charge in [-0.05, 0) is 39.7 Å². The van der Waals surface area contributed by atoms with E-state index in [-0.39, 0.29) is 17.3 Å². The van der Waals surface area contributed by atoms with Gasteiger partial charge in [-0.3, -0.25) is 0 Å². The van der Waals surface area contributed by atoms with Crippen LogP contribution in [0.5, 0.6) is 0 Å². The third-order valence-electron chi connectivity index (χ3n) is 6.00. The largest absolute Gasteiger partial charge is 0.454 e. The molecule has 0 aromatic heterocycles. The number of esters is 2. The molecular weight excluding hydrogens is 364 g/mol. The molecule has 0 radical (unpaired) electrons. The van der Waals surface area contributed by atoms with Crippen molar-refractivity contribution in [2.75, 3.05) is 13.7 Å². The lowest BCUT2D eigenvalue weighted by Gasteiger charge is -2.36. The molecule has 3 aliphatic rings. The molecule has 154 valence electrons. The molecule has 0 unspecified atom stereocenters. The number of aliphatic hydroxyl groups excluding tert-OH is 1. The van der Waals surface area contributed by atoms with Gasteiger partial charge in [-0.25, -0.2) is 9.59 Å². The van der Waals surface area contributed by atoms with E-state index in [1.165, 1.54) is 0 Å². The van der Waals surface area contributed by atoms with E-state index in [0.717, 1.165) is 0 Å². The average molecular weight is 392 g/mol. The van der Waals surface area contributed by atoms with Crippen molar-refractivity contribution >= 4 is 11.9 Å². The molecule has 28 heavy (non-hydrogen) atoms. The zero-order chi connectivity index (χ0) is 20.7. The second kappa shape index (κ2) is 7.46. The van der Waals surface area contributed by atoms with Gasteiger partial charge >= 0.3 is 11.9 Å². The molecule has 1 fully saturated rings. The summed E-state index contributed by atoms with van der Waals surface area (Å²) in [6, 6.07) is 0. The molecule has 0 saturated carbocycles. The van der Waals surface area contributed by atoms with Crippen molar-refractivity contribution < 1.29 is 33.6 Å². The molecule has 0 aromatic rings. The quantitative estimate of drug-likeness (QED) is 0.581. The third kappa shape index (κ3) is 3.43. The molecule has 3 heterocycles. The maximum Gasteiger partial charge on any atom is 0.342 e. The van der Waals surface area contributed by atoms with Gasteiger partial charge in [-0.15, -0.1) is 0 Å². The second-order valence-electron chi connectivity index (χ2n) is 7.88. The molecule has 7 nitrogen and oxygen atoms in total. The van der Waals surface area contributed by atoms with Crippen LogP contribution in [0.25, 0.3) is 0 Å². The summed E-state index contributed by atoms with van der Waals surface area (Å²) in [5.74, 6) is -1.78. The normalized spacial score (nSPS) is 35.6. The summed E-state index contributed by atoms with van der Waals surface area (Å²) >= 11 is 0. The van der Waals surface area contributed by atoms with Crippen molar-refractivity contribution in [3.8, 4) is 0 Å². The highest BCUT2D eigenvalue weighted by Crippen LogP contribution is 2.49. The van der Waals surface area contributed by atoms with Crippen LogP contribution in [-0.4, -0.2) is 48.3 Å². The van der Waals surface area contributed by atoms with Crippen molar-refractivity contribution in [2.45, 2.75) is 64.4 Å². The van der Waals surface area contributed by atoms with Crippen LogP contribution in [0.2, 0.25) is 0 Å². The van der Waals surface area contributed by atoms with E-state index in [2.05, 4.69) is 0 Å². The first-order valence-corrected chi connectivity index (χ1v) is 9.57. The SMILES string of the molecule is C/C=C(\C)C(=O)O[C@H]1C[C@@H](C)[C@]2(OC)CC[C@](C)(C=C3OC(=O)C(CO)=C31)O2. The van der Waals surface area contributed by atoms with Gasteiger partial charge in [0.1, 0.15) is 11.9 Å². The fraction of sp³-hybridized carbons (Fsp3) is 0.619. The minimum absolute atomic E-state index is 0.113. The number of rotatable bonds is 4. The smallest absolute Gasteiger partial charge is 0.342 e. The molecule has 0 amide bonds. The molecule has 1 saturated heterocycles. The van der Waals surface area contributed by atoms with Crippen LogP contribution in [0.15, 0.2) is 34.6 Å².